The molecule has 2 amide bonds. The smallest absolute Gasteiger partial charge is 0.262 e. The zero-order valence-corrected chi connectivity index (χ0v) is 23.5. The van der Waals surface area contributed by atoms with Gasteiger partial charge in [-0.3, -0.25) is 9.59 Å². The molecule has 0 bridgehead atoms. The zero-order chi connectivity index (χ0) is 27.7. The van der Waals surface area contributed by atoms with E-state index in [1.54, 1.807) is 25.3 Å². The topological polar surface area (TPSA) is 89.0 Å². The van der Waals surface area contributed by atoms with Gasteiger partial charge in [-0.2, -0.15) is 5.10 Å². The number of hydrogen-bond donors (Lipinski definition) is 2. The summed E-state index contributed by atoms with van der Waals surface area (Å²) in [5, 5.41) is 9.72. The summed E-state index contributed by atoms with van der Waals surface area (Å²) in [6.45, 7) is 8.12. The van der Waals surface area contributed by atoms with E-state index in [-0.39, 0.29) is 5.92 Å². The number of halogens is 2. The Kier molecular flexibility index (Phi) is 10.8. The molecule has 3 rings (SSSR count). The predicted octanol–water partition coefficient (Wildman–Crippen LogP) is 6.38. The largest absolute Gasteiger partial charge is 0.493 e. The molecule has 0 aliphatic heterocycles. The molecule has 2 N–H and O–H groups in total. The molecule has 0 radical (unpaired) electrons. The molecule has 3 aromatic carbocycles. The van der Waals surface area contributed by atoms with E-state index in [2.05, 4.69) is 15.8 Å². The minimum Gasteiger partial charge on any atom is -0.493 e. The third-order valence-electron chi connectivity index (χ3n) is 5.67. The molecule has 9 heteroatoms. The Morgan fingerprint density at radius 3 is 2.45 bits per heavy atom. The summed E-state index contributed by atoms with van der Waals surface area (Å²) in [7, 11) is 0. The summed E-state index contributed by atoms with van der Waals surface area (Å²) in [4.78, 5) is 25.9. The second kappa shape index (κ2) is 14.0. The van der Waals surface area contributed by atoms with Crippen LogP contribution in [0.5, 0.6) is 11.5 Å². The molecular weight excluding hydrogens is 525 g/mol. The van der Waals surface area contributed by atoms with Crippen LogP contribution >= 0.6 is 23.2 Å². The lowest BCUT2D eigenvalue weighted by Crippen LogP contribution is -2.49. The molecule has 0 aromatic heterocycles. The lowest BCUT2D eigenvalue weighted by molar-refractivity contribution is -0.132. The number of ether oxygens (including phenoxy) is 2. The summed E-state index contributed by atoms with van der Waals surface area (Å²) >= 11 is 12.1. The van der Waals surface area contributed by atoms with Crippen molar-refractivity contribution >= 4 is 52.0 Å². The Labute approximate surface area is 233 Å². The van der Waals surface area contributed by atoms with Crippen molar-refractivity contribution in [2.24, 2.45) is 11.0 Å². The molecule has 0 aliphatic carbocycles. The Hall–Kier alpha value is -3.29. The predicted molar refractivity (Wildman–Crippen MR) is 153 cm³/mol. The number of carbonyl (C=O) groups is 2. The van der Waals surface area contributed by atoms with Gasteiger partial charge in [0.25, 0.3) is 11.8 Å². The second-order valence-electron chi connectivity index (χ2n) is 9.31. The van der Waals surface area contributed by atoms with E-state index >= 15 is 0 Å². The summed E-state index contributed by atoms with van der Waals surface area (Å²) in [6.07, 6.45) is 1.96. The van der Waals surface area contributed by atoms with Crippen molar-refractivity contribution in [2.75, 3.05) is 6.61 Å². The highest BCUT2D eigenvalue weighted by Gasteiger charge is 2.25. The summed E-state index contributed by atoms with van der Waals surface area (Å²) in [5.41, 5.74) is 3.34. The van der Waals surface area contributed by atoms with Crippen LogP contribution in [-0.4, -0.2) is 36.8 Å². The van der Waals surface area contributed by atoms with Crippen LogP contribution in [0.2, 0.25) is 10.0 Å². The van der Waals surface area contributed by atoms with Gasteiger partial charge in [0.15, 0.2) is 6.10 Å². The van der Waals surface area contributed by atoms with E-state index in [9.17, 15) is 9.59 Å². The molecule has 0 fully saturated rings. The lowest BCUT2D eigenvalue weighted by Gasteiger charge is -2.22. The number of nitrogens with zero attached hydrogens (tertiary/aromatic N) is 1. The Balaban J connectivity index is 1.72. The maximum Gasteiger partial charge on any atom is 0.262 e. The number of nitrogens with one attached hydrogen (secondary N) is 2. The van der Waals surface area contributed by atoms with Crippen molar-refractivity contribution in [3.05, 3.63) is 70.2 Å². The van der Waals surface area contributed by atoms with Crippen LogP contribution in [0.4, 0.5) is 0 Å². The summed E-state index contributed by atoms with van der Waals surface area (Å²) in [5.74, 6) is 0.261. The van der Waals surface area contributed by atoms with Crippen molar-refractivity contribution < 1.29 is 19.1 Å². The summed E-state index contributed by atoms with van der Waals surface area (Å²) < 4.78 is 11.6. The third kappa shape index (κ3) is 8.10. The first-order valence-electron chi connectivity index (χ1n) is 12.6. The van der Waals surface area contributed by atoms with Crippen LogP contribution in [0, 0.1) is 5.92 Å². The standard InChI is InChI=1S/C29H33Cl2N3O4/c1-5-14-37-26-12-10-20-8-6-7-9-22(20)23(26)17-32-34-29(36)25(15-18(2)3)33-28(35)19(4)38-27-13-11-21(30)16-24(27)31/h6-13,16-19,25H,5,14-15H2,1-4H3,(H,33,35)(H,34,36)/b32-17-/t19-,25-/m1/s1. The number of fused-ring (bicyclic) bond motifs is 1. The number of amides is 2. The molecular formula is C29H33Cl2N3O4. The van der Waals surface area contributed by atoms with Crippen LogP contribution in [0.15, 0.2) is 59.7 Å². The monoisotopic (exact) mass is 557 g/mol. The number of carbonyl (C=O) groups excluding carboxylic acids is 2. The van der Waals surface area contributed by atoms with Gasteiger partial charge in [-0.05, 0) is 60.7 Å². The average Bonchev–Trinajstić information content (AvgIpc) is 2.88. The first-order valence-corrected chi connectivity index (χ1v) is 13.3. The number of hydrogen-bond acceptors (Lipinski definition) is 5. The normalized spacial score (nSPS) is 12.9. The minimum atomic E-state index is -0.895. The molecule has 0 heterocycles. The van der Waals surface area contributed by atoms with Crippen molar-refractivity contribution in [1.29, 1.82) is 0 Å². The van der Waals surface area contributed by atoms with Gasteiger partial charge in [-0.1, -0.05) is 74.3 Å². The van der Waals surface area contributed by atoms with Crippen molar-refractivity contribution in [2.45, 2.75) is 52.7 Å². The molecule has 202 valence electrons. The Morgan fingerprint density at radius 1 is 1.00 bits per heavy atom. The van der Waals surface area contributed by atoms with Gasteiger partial charge >= 0.3 is 0 Å². The third-order valence-corrected chi connectivity index (χ3v) is 6.20. The van der Waals surface area contributed by atoms with Crippen LogP contribution in [0.25, 0.3) is 10.8 Å². The highest BCUT2D eigenvalue weighted by Crippen LogP contribution is 2.29. The molecule has 2 atom stereocenters. The molecule has 0 spiro atoms. The fourth-order valence-electron chi connectivity index (χ4n) is 3.79. The van der Waals surface area contributed by atoms with Gasteiger partial charge in [-0.15, -0.1) is 0 Å². The first-order chi connectivity index (χ1) is 18.2. The molecule has 0 aliphatic rings. The Bertz CT molecular complexity index is 1300. The van der Waals surface area contributed by atoms with Crippen molar-refractivity contribution in [3.63, 3.8) is 0 Å². The molecule has 0 unspecified atom stereocenters. The van der Waals surface area contributed by atoms with E-state index in [1.165, 1.54) is 6.07 Å². The van der Waals surface area contributed by atoms with Gasteiger partial charge < -0.3 is 14.8 Å². The van der Waals surface area contributed by atoms with E-state index in [0.717, 1.165) is 22.8 Å². The fourth-order valence-corrected chi connectivity index (χ4v) is 4.24. The molecule has 0 saturated heterocycles. The van der Waals surface area contributed by atoms with Crippen LogP contribution in [0.3, 0.4) is 0 Å². The van der Waals surface area contributed by atoms with E-state index < -0.39 is 24.0 Å². The SMILES string of the molecule is CCCOc1ccc2ccccc2c1/C=N\NC(=O)[C@@H](CC(C)C)NC(=O)[C@@H](C)Oc1ccc(Cl)cc1Cl. The van der Waals surface area contributed by atoms with E-state index in [4.69, 9.17) is 32.7 Å². The van der Waals surface area contributed by atoms with Gasteiger partial charge in [0.05, 0.1) is 17.8 Å². The fraction of sp³-hybridized carbons (Fsp3) is 0.345. The van der Waals surface area contributed by atoms with Crippen molar-refractivity contribution in [1.82, 2.24) is 10.7 Å². The first kappa shape index (κ1) is 29.3. The van der Waals surface area contributed by atoms with E-state index in [1.807, 2.05) is 57.2 Å². The quantitative estimate of drug-likeness (QED) is 0.199. The van der Waals surface area contributed by atoms with Crippen LogP contribution < -0.4 is 20.2 Å². The highest BCUT2D eigenvalue weighted by atomic mass is 35.5. The molecule has 3 aromatic rings. The van der Waals surface area contributed by atoms with Gasteiger partial charge in [-0.25, -0.2) is 5.43 Å². The number of benzene rings is 3. The molecule has 7 nitrogen and oxygen atoms in total. The average molecular weight is 559 g/mol. The summed E-state index contributed by atoms with van der Waals surface area (Å²) in [6, 6.07) is 15.7. The minimum absolute atomic E-state index is 0.143. The van der Waals surface area contributed by atoms with Crippen LogP contribution in [0.1, 0.15) is 46.1 Å². The zero-order valence-electron chi connectivity index (χ0n) is 22.0. The lowest BCUT2D eigenvalue weighted by atomic mass is 10.0. The molecule has 0 saturated carbocycles. The second-order valence-corrected chi connectivity index (χ2v) is 10.2. The van der Waals surface area contributed by atoms with Crippen molar-refractivity contribution in [3.8, 4) is 11.5 Å². The maximum absolute atomic E-state index is 13.1. The van der Waals surface area contributed by atoms with Gasteiger partial charge in [0, 0.05) is 10.6 Å². The van der Waals surface area contributed by atoms with Crippen LogP contribution in [-0.2, 0) is 9.59 Å². The number of rotatable bonds is 12. The molecule has 38 heavy (non-hydrogen) atoms. The van der Waals surface area contributed by atoms with Gasteiger partial charge in [0.1, 0.15) is 17.5 Å². The number of hydrazone groups is 1. The Morgan fingerprint density at radius 2 is 1.74 bits per heavy atom. The van der Waals surface area contributed by atoms with Gasteiger partial charge in [0.2, 0.25) is 0 Å². The highest BCUT2D eigenvalue weighted by molar-refractivity contribution is 6.35. The maximum atomic E-state index is 13.1. The van der Waals surface area contributed by atoms with E-state index in [0.29, 0.717) is 34.6 Å².